The molecule has 9 aromatic carbocycles. The van der Waals surface area contributed by atoms with Crippen LogP contribution in [0.1, 0.15) is 22.3 Å². The Morgan fingerprint density at radius 1 is 0.262 bits per heavy atom. The Kier molecular flexibility index (Phi) is 8.40. The lowest BCUT2D eigenvalue weighted by Crippen LogP contribution is -2.25. The number of hydrogen-bond donors (Lipinski definition) is 0. The second kappa shape index (κ2) is 14.8. The van der Waals surface area contributed by atoms with Crippen LogP contribution in [0.3, 0.4) is 0 Å². The maximum atomic E-state index is 5.30. The number of nitrogens with zero attached hydrogens (tertiary/aromatic N) is 4. The summed E-state index contributed by atoms with van der Waals surface area (Å²) in [6.45, 7) is 0. The molecule has 0 bridgehead atoms. The monoisotopic (exact) mass is 826 g/mol. The van der Waals surface area contributed by atoms with Crippen molar-refractivity contribution in [3.05, 3.63) is 253 Å². The average molecular weight is 827 g/mol. The molecule has 302 valence electrons. The molecule has 13 rings (SSSR count). The lowest BCUT2D eigenvalue weighted by Gasteiger charge is -2.30. The van der Waals surface area contributed by atoms with Crippen LogP contribution in [0.15, 0.2) is 231 Å². The molecule has 65 heavy (non-hydrogen) atoms. The first-order chi connectivity index (χ1) is 32.2. The molecule has 0 aliphatic heterocycles. The van der Waals surface area contributed by atoms with Crippen LogP contribution < -0.4 is 0 Å². The van der Waals surface area contributed by atoms with Gasteiger partial charge in [-0.2, -0.15) is 0 Å². The number of hydrogen-bond acceptors (Lipinski definition) is 4. The van der Waals surface area contributed by atoms with Crippen molar-refractivity contribution in [2.24, 2.45) is 0 Å². The highest BCUT2D eigenvalue weighted by Gasteiger charge is 2.51. The van der Waals surface area contributed by atoms with E-state index in [0.717, 1.165) is 60.8 Å². The number of fused-ring (bicyclic) bond motifs is 11. The molecule has 4 heteroatoms. The zero-order chi connectivity index (χ0) is 42.9. The smallest absolute Gasteiger partial charge is 0.164 e. The van der Waals surface area contributed by atoms with E-state index in [9.17, 15) is 0 Å². The SMILES string of the molecule is c1ccc(-c2cc(-c3nc(-c4cccc(-c5ccncc5)c4)nc(-c4cccc5ccccc45)n3)ccc2-c2ccc3c(c2)C2(c4ccccc4-c4ccccc42)c2ccccc2-3)cc1. The third kappa shape index (κ3) is 5.77. The van der Waals surface area contributed by atoms with E-state index in [2.05, 4.69) is 211 Å². The second-order valence-corrected chi connectivity index (χ2v) is 16.9. The van der Waals surface area contributed by atoms with Crippen molar-refractivity contribution in [2.45, 2.75) is 5.41 Å². The van der Waals surface area contributed by atoms with Gasteiger partial charge in [-0.15, -0.1) is 0 Å². The van der Waals surface area contributed by atoms with Crippen molar-refractivity contribution < 1.29 is 0 Å². The Labute approximate surface area is 377 Å². The molecule has 2 aliphatic rings. The predicted octanol–water partition coefficient (Wildman–Crippen LogP) is 14.8. The van der Waals surface area contributed by atoms with Crippen LogP contribution in [0.25, 0.3) is 101 Å². The Bertz CT molecular complexity index is 3600. The zero-order valence-electron chi connectivity index (χ0n) is 35.2. The van der Waals surface area contributed by atoms with Crippen molar-refractivity contribution in [3.8, 4) is 89.8 Å². The average Bonchev–Trinajstić information content (AvgIpc) is 3.86. The molecule has 0 amide bonds. The van der Waals surface area contributed by atoms with Crippen LogP contribution >= 0.6 is 0 Å². The summed E-state index contributed by atoms with van der Waals surface area (Å²) < 4.78 is 0. The van der Waals surface area contributed by atoms with E-state index in [4.69, 9.17) is 15.0 Å². The van der Waals surface area contributed by atoms with Crippen LogP contribution in [-0.2, 0) is 5.41 Å². The van der Waals surface area contributed by atoms with E-state index >= 15 is 0 Å². The number of aromatic nitrogens is 4. The highest BCUT2D eigenvalue weighted by atomic mass is 15.0. The summed E-state index contributed by atoms with van der Waals surface area (Å²) in [5, 5.41) is 2.22. The van der Waals surface area contributed by atoms with Gasteiger partial charge in [0.25, 0.3) is 0 Å². The van der Waals surface area contributed by atoms with Gasteiger partial charge in [-0.1, -0.05) is 188 Å². The molecule has 0 radical (unpaired) electrons. The van der Waals surface area contributed by atoms with E-state index < -0.39 is 5.41 Å². The summed E-state index contributed by atoms with van der Waals surface area (Å²) in [6, 6.07) is 78.7. The van der Waals surface area contributed by atoms with Gasteiger partial charge in [0.2, 0.25) is 0 Å². The standard InChI is InChI=1S/C61H38N4/c1-2-14-41(15-3-1)53-37-45(59-63-58(44-19-12-18-42(36-44)39-32-34-62-35-33-39)64-60(65-59)52-24-13-17-40-16-4-5-20-46(40)52)29-30-47(53)43-28-31-51-50-23-8-11-27-56(50)61(57(51)38-43)54-25-9-6-21-48(54)49-22-7-10-26-55(49)61/h1-38H. The molecule has 1 spiro atoms. The number of pyridine rings is 1. The fraction of sp³-hybridized carbons (Fsp3) is 0.0164. The molecular formula is C61H38N4. The minimum Gasteiger partial charge on any atom is -0.265 e. The van der Waals surface area contributed by atoms with Gasteiger partial charge in [0, 0.05) is 29.1 Å². The minimum atomic E-state index is -0.435. The normalized spacial score (nSPS) is 12.7. The van der Waals surface area contributed by atoms with Crippen LogP contribution in [0.4, 0.5) is 0 Å². The molecule has 0 unspecified atom stereocenters. The Morgan fingerprint density at radius 3 is 1.49 bits per heavy atom. The van der Waals surface area contributed by atoms with Gasteiger partial charge < -0.3 is 0 Å². The predicted molar refractivity (Wildman–Crippen MR) is 264 cm³/mol. The molecule has 0 saturated heterocycles. The van der Waals surface area contributed by atoms with Crippen LogP contribution in [0, 0.1) is 0 Å². The summed E-state index contributed by atoms with van der Waals surface area (Å²) in [4.78, 5) is 20.0. The molecule has 0 atom stereocenters. The third-order valence-electron chi connectivity index (χ3n) is 13.5. The Balaban J connectivity index is 1.01. The largest absolute Gasteiger partial charge is 0.265 e. The zero-order valence-corrected chi connectivity index (χ0v) is 35.2. The summed E-state index contributed by atoms with van der Waals surface area (Å²) in [5.74, 6) is 1.85. The fourth-order valence-electron chi connectivity index (χ4n) is 10.6. The fourth-order valence-corrected chi connectivity index (χ4v) is 10.6. The van der Waals surface area contributed by atoms with Gasteiger partial charge >= 0.3 is 0 Å². The van der Waals surface area contributed by atoms with Crippen molar-refractivity contribution >= 4 is 10.8 Å². The van der Waals surface area contributed by atoms with E-state index in [-0.39, 0.29) is 0 Å². The van der Waals surface area contributed by atoms with Gasteiger partial charge in [0.05, 0.1) is 5.41 Å². The third-order valence-corrected chi connectivity index (χ3v) is 13.5. The molecular weight excluding hydrogens is 789 g/mol. The van der Waals surface area contributed by atoms with Gasteiger partial charge in [0.15, 0.2) is 17.5 Å². The summed E-state index contributed by atoms with van der Waals surface area (Å²) in [6.07, 6.45) is 3.64. The molecule has 2 aromatic heterocycles. The molecule has 0 fully saturated rings. The highest BCUT2D eigenvalue weighted by molar-refractivity contribution is 5.98. The summed E-state index contributed by atoms with van der Waals surface area (Å²) >= 11 is 0. The summed E-state index contributed by atoms with van der Waals surface area (Å²) in [5.41, 5.74) is 19.5. The molecule has 2 aliphatic carbocycles. The van der Waals surface area contributed by atoms with Crippen molar-refractivity contribution in [3.63, 3.8) is 0 Å². The van der Waals surface area contributed by atoms with E-state index in [1.165, 1.54) is 44.5 Å². The van der Waals surface area contributed by atoms with Crippen molar-refractivity contribution in [1.82, 2.24) is 19.9 Å². The first-order valence-electron chi connectivity index (χ1n) is 22.1. The van der Waals surface area contributed by atoms with Crippen molar-refractivity contribution in [1.29, 1.82) is 0 Å². The minimum absolute atomic E-state index is 0.435. The molecule has 4 nitrogen and oxygen atoms in total. The number of benzene rings is 9. The van der Waals surface area contributed by atoms with Gasteiger partial charge in [-0.25, -0.2) is 15.0 Å². The molecule has 2 heterocycles. The Morgan fingerprint density at radius 2 is 0.769 bits per heavy atom. The second-order valence-electron chi connectivity index (χ2n) is 16.9. The van der Waals surface area contributed by atoms with Gasteiger partial charge in [-0.05, 0) is 119 Å². The maximum absolute atomic E-state index is 5.30. The molecule has 0 N–H and O–H groups in total. The lowest BCUT2D eigenvalue weighted by molar-refractivity contribution is 0.794. The quantitative estimate of drug-likeness (QED) is 0.168. The van der Waals surface area contributed by atoms with Gasteiger partial charge in [0.1, 0.15) is 0 Å². The van der Waals surface area contributed by atoms with Gasteiger partial charge in [-0.3, -0.25) is 4.98 Å². The maximum Gasteiger partial charge on any atom is 0.164 e. The first-order valence-corrected chi connectivity index (χ1v) is 22.1. The summed E-state index contributed by atoms with van der Waals surface area (Å²) in [7, 11) is 0. The topological polar surface area (TPSA) is 51.6 Å². The Hall–Kier alpha value is -8.60. The molecule has 11 aromatic rings. The first kappa shape index (κ1) is 37.0. The number of rotatable bonds is 6. The van der Waals surface area contributed by atoms with Crippen molar-refractivity contribution in [2.75, 3.05) is 0 Å². The van der Waals surface area contributed by atoms with Crippen LogP contribution in [-0.4, -0.2) is 19.9 Å². The highest BCUT2D eigenvalue weighted by Crippen LogP contribution is 2.63. The van der Waals surface area contributed by atoms with E-state index in [0.29, 0.717) is 17.5 Å². The lowest BCUT2D eigenvalue weighted by atomic mass is 9.70. The van der Waals surface area contributed by atoms with E-state index in [1.54, 1.807) is 0 Å². The van der Waals surface area contributed by atoms with Crippen LogP contribution in [0.5, 0.6) is 0 Å². The van der Waals surface area contributed by atoms with Crippen LogP contribution in [0.2, 0.25) is 0 Å². The van der Waals surface area contributed by atoms with E-state index in [1.807, 2.05) is 24.5 Å². The molecule has 0 saturated carbocycles.